The molecule has 2 N–H and O–H groups in total. The molecule has 0 aromatic carbocycles. The lowest BCUT2D eigenvalue weighted by Gasteiger charge is -2.10. The molecule has 0 spiro atoms. The molecule has 0 saturated heterocycles. The van der Waals surface area contributed by atoms with Crippen molar-refractivity contribution >= 4 is 0 Å². The van der Waals surface area contributed by atoms with Gasteiger partial charge in [0.05, 0.1) is 13.2 Å². The van der Waals surface area contributed by atoms with Crippen molar-refractivity contribution in [2.45, 2.75) is 52.2 Å². The first kappa shape index (κ1) is 13.9. The molecule has 0 aliphatic heterocycles. The third-order valence-electron chi connectivity index (χ3n) is 2.10. The molecule has 0 aromatic heterocycles. The molecule has 14 heavy (non-hydrogen) atoms. The highest BCUT2D eigenvalue weighted by Gasteiger charge is 1.97. The average molecular weight is 203 g/mol. The molecule has 0 bridgehead atoms. The van der Waals surface area contributed by atoms with Crippen LogP contribution in [0, 0.1) is 0 Å². The molecule has 86 valence electrons. The van der Waals surface area contributed by atoms with Crippen LogP contribution in [0.2, 0.25) is 0 Å². The molecular weight excluding hydrogens is 178 g/mol. The van der Waals surface area contributed by atoms with E-state index < -0.39 is 0 Å². The molecule has 0 aliphatic rings. The standard InChI is InChI=1S/C11H25NO2/c1-3-5-6-7-8-13-9-10-14-11(12)4-2/h11H,3-10,12H2,1-2H3. The van der Waals surface area contributed by atoms with E-state index in [1.165, 1.54) is 19.3 Å². The van der Waals surface area contributed by atoms with E-state index >= 15 is 0 Å². The number of ether oxygens (including phenoxy) is 2. The molecule has 3 nitrogen and oxygen atoms in total. The number of unbranched alkanes of at least 4 members (excludes halogenated alkanes) is 3. The predicted octanol–water partition coefficient (Wildman–Crippen LogP) is 2.29. The van der Waals surface area contributed by atoms with Gasteiger partial charge >= 0.3 is 0 Å². The van der Waals surface area contributed by atoms with E-state index in [2.05, 4.69) is 6.92 Å². The van der Waals surface area contributed by atoms with Crippen LogP contribution in [0.5, 0.6) is 0 Å². The fourth-order valence-corrected chi connectivity index (χ4v) is 1.11. The van der Waals surface area contributed by atoms with E-state index in [0.717, 1.165) is 19.4 Å². The maximum absolute atomic E-state index is 5.58. The molecule has 0 amide bonds. The molecule has 1 atom stereocenters. The van der Waals surface area contributed by atoms with Crippen LogP contribution in [0.4, 0.5) is 0 Å². The van der Waals surface area contributed by atoms with Gasteiger partial charge in [0.15, 0.2) is 0 Å². The molecule has 0 rings (SSSR count). The first-order valence-electron chi connectivity index (χ1n) is 5.76. The van der Waals surface area contributed by atoms with Crippen LogP contribution in [0.15, 0.2) is 0 Å². The summed E-state index contributed by atoms with van der Waals surface area (Å²) < 4.78 is 10.7. The predicted molar refractivity (Wildman–Crippen MR) is 59.2 cm³/mol. The van der Waals surface area contributed by atoms with Crippen molar-refractivity contribution in [3.05, 3.63) is 0 Å². The molecule has 1 unspecified atom stereocenters. The smallest absolute Gasteiger partial charge is 0.105 e. The Hall–Kier alpha value is -0.120. The van der Waals surface area contributed by atoms with Gasteiger partial charge in [-0.2, -0.15) is 0 Å². The van der Waals surface area contributed by atoms with Crippen molar-refractivity contribution in [3.8, 4) is 0 Å². The SMILES string of the molecule is CCCCCCOCCOC(N)CC. The van der Waals surface area contributed by atoms with Crippen LogP contribution in [-0.4, -0.2) is 26.0 Å². The molecule has 0 aliphatic carbocycles. The Bertz CT molecular complexity index is 109. The molecule has 0 fully saturated rings. The summed E-state index contributed by atoms with van der Waals surface area (Å²) in [5.74, 6) is 0. The highest BCUT2D eigenvalue weighted by Crippen LogP contribution is 1.98. The van der Waals surface area contributed by atoms with Crippen LogP contribution in [-0.2, 0) is 9.47 Å². The van der Waals surface area contributed by atoms with E-state index in [0.29, 0.717) is 13.2 Å². The van der Waals surface area contributed by atoms with Crippen molar-refractivity contribution in [3.63, 3.8) is 0 Å². The number of hydrogen-bond donors (Lipinski definition) is 1. The van der Waals surface area contributed by atoms with E-state index in [9.17, 15) is 0 Å². The normalized spacial score (nSPS) is 13.1. The van der Waals surface area contributed by atoms with Crippen LogP contribution in [0.3, 0.4) is 0 Å². The maximum Gasteiger partial charge on any atom is 0.105 e. The van der Waals surface area contributed by atoms with Crippen molar-refractivity contribution in [2.75, 3.05) is 19.8 Å². The van der Waals surface area contributed by atoms with Gasteiger partial charge in [-0.1, -0.05) is 33.1 Å². The van der Waals surface area contributed by atoms with Gasteiger partial charge in [-0.15, -0.1) is 0 Å². The van der Waals surface area contributed by atoms with Crippen LogP contribution >= 0.6 is 0 Å². The second-order valence-corrected chi connectivity index (χ2v) is 3.49. The van der Waals surface area contributed by atoms with Gasteiger partial charge in [-0.05, 0) is 12.8 Å². The first-order chi connectivity index (χ1) is 6.81. The number of nitrogens with two attached hydrogens (primary N) is 1. The minimum atomic E-state index is -0.126. The lowest BCUT2D eigenvalue weighted by Crippen LogP contribution is -2.24. The Morgan fingerprint density at radius 2 is 1.79 bits per heavy atom. The minimum Gasteiger partial charge on any atom is -0.379 e. The summed E-state index contributed by atoms with van der Waals surface area (Å²) >= 11 is 0. The summed E-state index contributed by atoms with van der Waals surface area (Å²) in [5.41, 5.74) is 5.58. The summed E-state index contributed by atoms with van der Waals surface area (Å²) in [7, 11) is 0. The Morgan fingerprint density at radius 1 is 1.00 bits per heavy atom. The van der Waals surface area contributed by atoms with Crippen molar-refractivity contribution in [2.24, 2.45) is 5.73 Å². The topological polar surface area (TPSA) is 44.5 Å². The fourth-order valence-electron chi connectivity index (χ4n) is 1.11. The van der Waals surface area contributed by atoms with Crippen molar-refractivity contribution in [1.82, 2.24) is 0 Å². The summed E-state index contributed by atoms with van der Waals surface area (Å²) in [6.45, 7) is 6.35. The molecular formula is C11H25NO2. The van der Waals surface area contributed by atoms with Gasteiger partial charge in [-0.3, -0.25) is 0 Å². The van der Waals surface area contributed by atoms with Crippen molar-refractivity contribution < 1.29 is 9.47 Å². The third kappa shape index (κ3) is 9.96. The number of hydrogen-bond acceptors (Lipinski definition) is 3. The largest absolute Gasteiger partial charge is 0.379 e. The Morgan fingerprint density at radius 3 is 2.43 bits per heavy atom. The summed E-state index contributed by atoms with van der Waals surface area (Å²) in [6, 6.07) is 0. The van der Waals surface area contributed by atoms with E-state index in [1.807, 2.05) is 6.92 Å². The Kier molecular flexibility index (Phi) is 10.9. The minimum absolute atomic E-state index is 0.126. The zero-order valence-electron chi connectivity index (χ0n) is 9.63. The summed E-state index contributed by atoms with van der Waals surface area (Å²) in [4.78, 5) is 0. The van der Waals surface area contributed by atoms with Gasteiger partial charge in [0, 0.05) is 6.61 Å². The number of rotatable bonds is 10. The van der Waals surface area contributed by atoms with Crippen LogP contribution < -0.4 is 5.73 Å². The van der Waals surface area contributed by atoms with Gasteiger partial charge in [0.2, 0.25) is 0 Å². The molecule has 0 radical (unpaired) electrons. The summed E-state index contributed by atoms with van der Waals surface area (Å²) in [5, 5.41) is 0. The van der Waals surface area contributed by atoms with E-state index in [4.69, 9.17) is 15.2 Å². The Balaban J connectivity index is 2.92. The lowest BCUT2D eigenvalue weighted by molar-refractivity contribution is 0.00534. The quantitative estimate of drug-likeness (QED) is 0.437. The van der Waals surface area contributed by atoms with Gasteiger partial charge in [0.1, 0.15) is 6.23 Å². The monoisotopic (exact) mass is 203 g/mol. The summed E-state index contributed by atoms with van der Waals surface area (Å²) in [6.07, 6.45) is 5.74. The first-order valence-corrected chi connectivity index (χ1v) is 5.76. The Labute approximate surface area is 88.0 Å². The van der Waals surface area contributed by atoms with Gasteiger partial charge in [-0.25, -0.2) is 0 Å². The fraction of sp³-hybridized carbons (Fsp3) is 1.00. The third-order valence-corrected chi connectivity index (χ3v) is 2.10. The lowest BCUT2D eigenvalue weighted by atomic mass is 10.2. The molecule has 3 heteroatoms. The zero-order chi connectivity index (χ0) is 10.6. The molecule has 0 saturated carbocycles. The van der Waals surface area contributed by atoms with Crippen LogP contribution in [0.1, 0.15) is 46.0 Å². The highest BCUT2D eigenvalue weighted by atomic mass is 16.5. The molecule has 0 aromatic rings. The second-order valence-electron chi connectivity index (χ2n) is 3.49. The highest BCUT2D eigenvalue weighted by molar-refractivity contribution is 4.42. The maximum atomic E-state index is 5.58. The van der Waals surface area contributed by atoms with Crippen molar-refractivity contribution in [1.29, 1.82) is 0 Å². The van der Waals surface area contributed by atoms with E-state index in [-0.39, 0.29) is 6.23 Å². The van der Waals surface area contributed by atoms with Gasteiger partial charge < -0.3 is 15.2 Å². The zero-order valence-corrected chi connectivity index (χ0v) is 9.63. The van der Waals surface area contributed by atoms with Crippen LogP contribution in [0.25, 0.3) is 0 Å². The van der Waals surface area contributed by atoms with Gasteiger partial charge in [0.25, 0.3) is 0 Å². The second kappa shape index (κ2) is 11.0. The molecule has 0 heterocycles. The van der Waals surface area contributed by atoms with E-state index in [1.54, 1.807) is 0 Å². The average Bonchev–Trinajstić information content (AvgIpc) is 2.21.